The van der Waals surface area contributed by atoms with Crippen molar-refractivity contribution >= 4 is 28.2 Å². The Morgan fingerprint density at radius 1 is 1.10 bits per heavy atom. The Balaban J connectivity index is 1.87. The summed E-state index contributed by atoms with van der Waals surface area (Å²) in [5.74, 6) is 0.746. The summed E-state index contributed by atoms with van der Waals surface area (Å²) < 4.78 is 5.84. The van der Waals surface area contributed by atoms with Crippen molar-refractivity contribution in [2.45, 2.75) is 6.61 Å². The van der Waals surface area contributed by atoms with E-state index in [1.54, 1.807) is 12.3 Å². The Bertz CT molecular complexity index is 753. The van der Waals surface area contributed by atoms with Crippen molar-refractivity contribution in [3.8, 4) is 5.75 Å². The Morgan fingerprint density at radius 2 is 1.95 bits per heavy atom. The van der Waals surface area contributed by atoms with Crippen molar-refractivity contribution in [1.82, 2.24) is 4.98 Å². The number of rotatable bonds is 3. The molecule has 0 unspecified atom stereocenters. The summed E-state index contributed by atoms with van der Waals surface area (Å²) in [6, 6.07) is 15.2. The van der Waals surface area contributed by atoms with Gasteiger partial charge < -0.3 is 10.5 Å². The van der Waals surface area contributed by atoms with E-state index in [0.29, 0.717) is 17.3 Å². The number of fused-ring (bicyclic) bond motifs is 1. The van der Waals surface area contributed by atoms with Crippen LogP contribution in [0.25, 0.3) is 10.9 Å². The van der Waals surface area contributed by atoms with Gasteiger partial charge in [-0.15, -0.1) is 0 Å². The second kappa shape index (κ2) is 5.39. The third-order valence-corrected chi connectivity index (χ3v) is 3.41. The molecule has 2 aromatic carbocycles. The topological polar surface area (TPSA) is 48.1 Å². The zero-order valence-electron chi connectivity index (χ0n) is 10.7. The third-order valence-electron chi connectivity index (χ3n) is 3.06. The van der Waals surface area contributed by atoms with Crippen molar-refractivity contribution in [3.05, 3.63) is 65.3 Å². The van der Waals surface area contributed by atoms with Crippen LogP contribution < -0.4 is 10.5 Å². The molecule has 2 N–H and O–H groups in total. The molecule has 0 atom stereocenters. The summed E-state index contributed by atoms with van der Waals surface area (Å²) in [5, 5.41) is 1.66. The maximum atomic E-state index is 6.14. The number of nitrogens with two attached hydrogens (primary N) is 1. The SMILES string of the molecule is Nc1ccc(COc2cccc3cccnc23)c(Cl)c1. The van der Waals surface area contributed by atoms with Gasteiger partial charge in [0.15, 0.2) is 0 Å². The minimum absolute atomic E-state index is 0.384. The lowest BCUT2D eigenvalue weighted by atomic mass is 10.2. The maximum Gasteiger partial charge on any atom is 0.146 e. The van der Waals surface area contributed by atoms with Gasteiger partial charge in [-0.3, -0.25) is 4.98 Å². The summed E-state index contributed by atoms with van der Waals surface area (Å²) in [6.07, 6.45) is 1.76. The molecule has 20 heavy (non-hydrogen) atoms. The minimum atomic E-state index is 0.384. The number of para-hydroxylation sites is 1. The van der Waals surface area contributed by atoms with Gasteiger partial charge >= 0.3 is 0 Å². The smallest absolute Gasteiger partial charge is 0.146 e. The first kappa shape index (κ1) is 12.8. The van der Waals surface area contributed by atoms with E-state index in [-0.39, 0.29) is 0 Å². The Morgan fingerprint density at radius 3 is 2.80 bits per heavy atom. The Labute approximate surface area is 122 Å². The first-order valence-electron chi connectivity index (χ1n) is 6.24. The first-order chi connectivity index (χ1) is 9.74. The van der Waals surface area contributed by atoms with E-state index in [1.807, 2.05) is 42.5 Å². The molecule has 1 heterocycles. The van der Waals surface area contributed by atoms with E-state index in [2.05, 4.69) is 4.98 Å². The molecule has 1 aromatic heterocycles. The summed E-state index contributed by atoms with van der Waals surface area (Å²) >= 11 is 6.14. The number of halogens is 1. The van der Waals surface area contributed by atoms with Gasteiger partial charge in [0, 0.05) is 27.9 Å². The lowest BCUT2D eigenvalue weighted by molar-refractivity contribution is 0.309. The molecule has 100 valence electrons. The number of nitrogen functional groups attached to an aromatic ring is 1. The van der Waals surface area contributed by atoms with Gasteiger partial charge in [0.2, 0.25) is 0 Å². The monoisotopic (exact) mass is 284 g/mol. The second-order valence-corrected chi connectivity index (χ2v) is 4.88. The van der Waals surface area contributed by atoms with Gasteiger partial charge in [0.25, 0.3) is 0 Å². The molecule has 3 rings (SSSR count). The van der Waals surface area contributed by atoms with Crippen molar-refractivity contribution in [2.75, 3.05) is 5.73 Å². The Kier molecular flexibility index (Phi) is 3.44. The van der Waals surface area contributed by atoms with Gasteiger partial charge in [-0.1, -0.05) is 35.9 Å². The van der Waals surface area contributed by atoms with Gasteiger partial charge in [-0.2, -0.15) is 0 Å². The molecular weight excluding hydrogens is 272 g/mol. The highest BCUT2D eigenvalue weighted by atomic mass is 35.5. The van der Waals surface area contributed by atoms with E-state index in [9.17, 15) is 0 Å². The Hall–Kier alpha value is -2.26. The normalized spacial score (nSPS) is 10.7. The van der Waals surface area contributed by atoms with Crippen LogP contribution in [-0.2, 0) is 6.61 Å². The molecule has 0 aliphatic carbocycles. The summed E-state index contributed by atoms with van der Waals surface area (Å²) in [7, 11) is 0. The molecule has 0 bridgehead atoms. The van der Waals surface area contributed by atoms with Gasteiger partial charge in [-0.05, 0) is 24.3 Å². The number of ether oxygens (including phenoxy) is 1. The summed E-state index contributed by atoms with van der Waals surface area (Å²) in [5.41, 5.74) is 8.06. The van der Waals surface area contributed by atoms with E-state index >= 15 is 0 Å². The summed E-state index contributed by atoms with van der Waals surface area (Å²) in [6.45, 7) is 0.384. The van der Waals surface area contributed by atoms with E-state index in [0.717, 1.165) is 22.2 Å². The zero-order chi connectivity index (χ0) is 13.9. The number of pyridine rings is 1. The van der Waals surface area contributed by atoms with Crippen LogP contribution in [0, 0.1) is 0 Å². The first-order valence-corrected chi connectivity index (χ1v) is 6.62. The van der Waals surface area contributed by atoms with Crippen molar-refractivity contribution in [1.29, 1.82) is 0 Å². The number of benzene rings is 2. The molecule has 0 fully saturated rings. The van der Waals surface area contributed by atoms with Gasteiger partial charge in [0.1, 0.15) is 17.9 Å². The highest BCUT2D eigenvalue weighted by molar-refractivity contribution is 6.31. The average Bonchev–Trinajstić information content (AvgIpc) is 2.46. The average molecular weight is 285 g/mol. The molecule has 0 amide bonds. The maximum absolute atomic E-state index is 6.14. The molecule has 0 radical (unpaired) electrons. The molecule has 3 aromatic rings. The highest BCUT2D eigenvalue weighted by Crippen LogP contribution is 2.25. The predicted molar refractivity (Wildman–Crippen MR) is 81.9 cm³/mol. The fourth-order valence-corrected chi connectivity index (χ4v) is 2.27. The van der Waals surface area contributed by atoms with E-state index < -0.39 is 0 Å². The lowest BCUT2D eigenvalue weighted by Crippen LogP contribution is -1.98. The second-order valence-electron chi connectivity index (χ2n) is 4.47. The number of nitrogens with zero attached hydrogens (tertiary/aromatic N) is 1. The van der Waals surface area contributed by atoms with Crippen LogP contribution in [0.2, 0.25) is 5.02 Å². The van der Waals surface area contributed by atoms with E-state index in [4.69, 9.17) is 22.1 Å². The molecule has 4 heteroatoms. The number of hydrogen-bond donors (Lipinski definition) is 1. The van der Waals surface area contributed by atoms with Crippen LogP contribution in [0.3, 0.4) is 0 Å². The molecule has 0 aliphatic heterocycles. The van der Waals surface area contributed by atoms with Crippen LogP contribution in [0.15, 0.2) is 54.7 Å². The molecule has 0 spiro atoms. The fourth-order valence-electron chi connectivity index (χ4n) is 2.03. The molecule has 3 nitrogen and oxygen atoms in total. The minimum Gasteiger partial charge on any atom is -0.487 e. The predicted octanol–water partition coefficient (Wildman–Crippen LogP) is 4.05. The highest BCUT2D eigenvalue weighted by Gasteiger charge is 2.05. The van der Waals surface area contributed by atoms with Crippen LogP contribution >= 0.6 is 11.6 Å². The largest absolute Gasteiger partial charge is 0.487 e. The van der Waals surface area contributed by atoms with Gasteiger partial charge in [0.05, 0.1) is 0 Å². The van der Waals surface area contributed by atoms with E-state index in [1.165, 1.54) is 0 Å². The summed E-state index contributed by atoms with van der Waals surface area (Å²) in [4.78, 5) is 4.35. The quantitative estimate of drug-likeness (QED) is 0.738. The number of anilines is 1. The standard InChI is InChI=1S/C16H13ClN2O/c17-14-9-13(18)7-6-12(14)10-20-15-5-1-3-11-4-2-8-19-16(11)15/h1-9H,10,18H2. The molecular formula is C16H13ClN2O. The van der Waals surface area contributed by atoms with Crippen LogP contribution in [0.4, 0.5) is 5.69 Å². The van der Waals surface area contributed by atoms with Crippen LogP contribution in [0.1, 0.15) is 5.56 Å². The zero-order valence-corrected chi connectivity index (χ0v) is 11.5. The molecule has 0 aliphatic rings. The van der Waals surface area contributed by atoms with Crippen molar-refractivity contribution in [3.63, 3.8) is 0 Å². The lowest BCUT2D eigenvalue weighted by Gasteiger charge is -2.10. The third kappa shape index (κ3) is 2.53. The van der Waals surface area contributed by atoms with Crippen LogP contribution in [0.5, 0.6) is 5.75 Å². The van der Waals surface area contributed by atoms with Crippen LogP contribution in [-0.4, -0.2) is 4.98 Å². The fraction of sp³-hybridized carbons (Fsp3) is 0.0625. The van der Waals surface area contributed by atoms with Crippen molar-refractivity contribution in [2.24, 2.45) is 0 Å². The number of hydrogen-bond acceptors (Lipinski definition) is 3. The van der Waals surface area contributed by atoms with Crippen molar-refractivity contribution < 1.29 is 4.74 Å². The van der Waals surface area contributed by atoms with Gasteiger partial charge in [-0.25, -0.2) is 0 Å². The number of aromatic nitrogens is 1. The molecule has 0 saturated heterocycles. The molecule has 0 saturated carbocycles.